The highest BCUT2D eigenvalue weighted by Crippen LogP contribution is 2.61. The number of hydrogen-bond acceptors (Lipinski definition) is 3. The number of benzene rings is 1. The van der Waals surface area contributed by atoms with Crippen molar-refractivity contribution in [1.29, 1.82) is 0 Å². The molecule has 1 heterocycles. The fourth-order valence-corrected chi connectivity index (χ4v) is 7.82. The normalized spacial score (nSPS) is 28.7. The minimum Gasteiger partial charge on any atom is -0.344 e. The van der Waals surface area contributed by atoms with Gasteiger partial charge < -0.3 is 15.2 Å². The summed E-state index contributed by atoms with van der Waals surface area (Å²) in [6.45, 7) is 7.41. The monoisotopic (exact) mass is 479 g/mol. The molecule has 0 aliphatic heterocycles. The van der Waals surface area contributed by atoms with Gasteiger partial charge >= 0.3 is 0 Å². The van der Waals surface area contributed by atoms with Gasteiger partial charge in [-0.25, -0.2) is 4.39 Å². The number of ketones is 1. The Morgan fingerprint density at radius 1 is 1.06 bits per heavy atom. The van der Waals surface area contributed by atoms with Gasteiger partial charge in [-0.05, 0) is 106 Å². The first-order valence-corrected chi connectivity index (χ1v) is 12.5. The molecule has 4 aliphatic carbocycles. The number of halogens is 1. The largest absolute Gasteiger partial charge is 0.344 e. The van der Waals surface area contributed by atoms with E-state index in [0.717, 1.165) is 19.3 Å². The van der Waals surface area contributed by atoms with Crippen LogP contribution >= 0.6 is 0 Å². The molecule has 2 aromatic rings. The van der Waals surface area contributed by atoms with Crippen LogP contribution in [0.4, 0.5) is 10.1 Å². The first-order valence-electron chi connectivity index (χ1n) is 12.5. The quantitative estimate of drug-likeness (QED) is 0.468. The Labute approximate surface area is 205 Å². The summed E-state index contributed by atoms with van der Waals surface area (Å²) in [5.41, 5.74) is 2.51. The first kappa shape index (κ1) is 23.8. The van der Waals surface area contributed by atoms with Crippen LogP contribution in [-0.4, -0.2) is 27.7 Å². The summed E-state index contributed by atoms with van der Waals surface area (Å²) in [6.07, 6.45) is 6.52. The summed E-state index contributed by atoms with van der Waals surface area (Å²) >= 11 is 0. The van der Waals surface area contributed by atoms with Crippen molar-refractivity contribution in [3.05, 3.63) is 52.1 Å². The molecule has 4 fully saturated rings. The van der Waals surface area contributed by atoms with Crippen molar-refractivity contribution in [3.63, 3.8) is 0 Å². The Morgan fingerprint density at radius 3 is 2.31 bits per heavy atom. The Kier molecular flexibility index (Phi) is 5.46. The maximum absolute atomic E-state index is 13.6. The lowest BCUT2D eigenvalue weighted by Gasteiger charge is -2.61. The van der Waals surface area contributed by atoms with E-state index in [9.17, 15) is 18.8 Å². The Balaban J connectivity index is 1.38. The van der Waals surface area contributed by atoms with Crippen molar-refractivity contribution in [1.82, 2.24) is 9.88 Å². The number of carbonyl (C=O) groups is 3. The van der Waals surface area contributed by atoms with Crippen molar-refractivity contribution in [2.24, 2.45) is 24.3 Å². The van der Waals surface area contributed by atoms with Gasteiger partial charge in [0.05, 0.1) is 11.3 Å². The van der Waals surface area contributed by atoms with E-state index >= 15 is 0 Å². The molecule has 7 heteroatoms. The lowest BCUT2D eigenvalue weighted by atomic mass is 9.47. The van der Waals surface area contributed by atoms with Crippen molar-refractivity contribution < 1.29 is 18.8 Å². The fourth-order valence-electron chi connectivity index (χ4n) is 7.82. The molecule has 1 aromatic heterocycles. The molecule has 2 unspecified atom stereocenters. The summed E-state index contributed by atoms with van der Waals surface area (Å²) in [7, 11) is 1.70. The van der Waals surface area contributed by atoms with Gasteiger partial charge in [0.2, 0.25) is 0 Å². The van der Waals surface area contributed by atoms with Gasteiger partial charge in [0.1, 0.15) is 5.82 Å². The van der Waals surface area contributed by atoms with Gasteiger partial charge in [0.25, 0.3) is 17.6 Å². The molecule has 0 radical (unpaired) electrons. The van der Waals surface area contributed by atoms with Crippen LogP contribution in [0.1, 0.15) is 83.1 Å². The van der Waals surface area contributed by atoms with Gasteiger partial charge in [-0.1, -0.05) is 6.92 Å². The van der Waals surface area contributed by atoms with Crippen LogP contribution in [0.15, 0.2) is 18.2 Å². The molecule has 0 saturated heterocycles. The van der Waals surface area contributed by atoms with Gasteiger partial charge in [-0.2, -0.15) is 0 Å². The molecule has 186 valence electrons. The molecule has 0 spiro atoms. The number of hydrogen-bond donors (Lipinski definition) is 2. The average Bonchev–Trinajstić information content (AvgIpc) is 2.96. The molecule has 4 saturated carbocycles. The molecule has 4 bridgehead atoms. The zero-order chi connectivity index (χ0) is 25.3. The van der Waals surface area contributed by atoms with Crippen LogP contribution in [0.25, 0.3) is 0 Å². The minimum absolute atomic E-state index is 0.233. The lowest BCUT2D eigenvalue weighted by molar-refractivity contribution is -0.126. The second-order valence-corrected chi connectivity index (χ2v) is 11.7. The molecule has 4 aliphatic rings. The Hall–Kier alpha value is -2.96. The van der Waals surface area contributed by atoms with Crippen molar-refractivity contribution in [2.45, 2.75) is 71.8 Å². The number of aromatic nitrogens is 1. The Morgan fingerprint density at radius 2 is 1.71 bits per heavy atom. The van der Waals surface area contributed by atoms with Crippen LogP contribution in [0.2, 0.25) is 0 Å². The smallest absolute Gasteiger partial charge is 0.294 e. The van der Waals surface area contributed by atoms with E-state index in [1.807, 2.05) is 0 Å². The predicted octanol–water partition coefficient (Wildman–Crippen LogP) is 5.00. The third kappa shape index (κ3) is 3.99. The lowest BCUT2D eigenvalue weighted by Crippen LogP contribution is -2.63. The van der Waals surface area contributed by atoms with Crippen LogP contribution in [0.5, 0.6) is 0 Å². The summed E-state index contributed by atoms with van der Waals surface area (Å²) in [5.74, 6) is -0.676. The molecule has 2 N–H and O–H groups in total. The third-order valence-corrected chi connectivity index (χ3v) is 8.73. The number of amides is 2. The maximum Gasteiger partial charge on any atom is 0.294 e. The van der Waals surface area contributed by atoms with Crippen LogP contribution in [0.3, 0.4) is 0 Å². The average molecular weight is 480 g/mol. The van der Waals surface area contributed by atoms with Gasteiger partial charge in [0.15, 0.2) is 0 Å². The summed E-state index contributed by atoms with van der Waals surface area (Å²) in [4.78, 5) is 39.8. The molecular formula is C28H34FN3O3. The van der Waals surface area contributed by atoms with E-state index in [1.165, 1.54) is 31.4 Å². The summed E-state index contributed by atoms with van der Waals surface area (Å²) in [6, 6.07) is 4.37. The zero-order valence-corrected chi connectivity index (χ0v) is 21.2. The van der Waals surface area contributed by atoms with Crippen LogP contribution in [0, 0.1) is 43.8 Å². The van der Waals surface area contributed by atoms with E-state index in [4.69, 9.17) is 0 Å². The van der Waals surface area contributed by atoms with E-state index in [-0.39, 0.29) is 22.5 Å². The minimum atomic E-state index is -0.606. The summed E-state index contributed by atoms with van der Waals surface area (Å²) < 4.78 is 15.2. The van der Waals surface area contributed by atoms with E-state index in [1.54, 1.807) is 38.5 Å². The first-order chi connectivity index (χ1) is 16.4. The molecule has 35 heavy (non-hydrogen) atoms. The molecule has 2 atom stereocenters. The van der Waals surface area contributed by atoms with Gasteiger partial charge in [-0.15, -0.1) is 0 Å². The number of aryl methyl sites for hydroxylation is 1. The van der Waals surface area contributed by atoms with E-state index in [2.05, 4.69) is 17.6 Å². The molecule has 6 nitrogen and oxygen atoms in total. The molecule has 2 amide bonds. The predicted molar refractivity (Wildman–Crippen MR) is 132 cm³/mol. The van der Waals surface area contributed by atoms with E-state index in [0.29, 0.717) is 39.9 Å². The van der Waals surface area contributed by atoms with Gasteiger partial charge in [0, 0.05) is 24.0 Å². The van der Waals surface area contributed by atoms with Crippen LogP contribution in [-0.2, 0) is 11.8 Å². The number of nitrogens with one attached hydrogen (secondary N) is 2. The molecule has 6 rings (SSSR count). The number of carbonyl (C=O) groups excluding carboxylic acids is 3. The highest BCUT2D eigenvalue weighted by atomic mass is 19.1. The number of anilines is 1. The third-order valence-electron chi connectivity index (χ3n) is 8.73. The fraction of sp³-hybridized carbons (Fsp3) is 0.536. The second kappa shape index (κ2) is 8.04. The highest BCUT2D eigenvalue weighted by Gasteiger charge is 2.56. The number of nitrogens with zero attached hydrogens (tertiary/aromatic N) is 1. The SMILES string of the molecule is Cc1cc(NC(=O)c2c(C)c(C(=O)C(=O)NC34CC5CC(CC(C)(C5)C3)C4)n(C)c2C)ccc1F. The maximum atomic E-state index is 13.6. The number of Topliss-reactive ketones (excluding diaryl/α,β-unsaturated/α-hetero) is 1. The van der Waals surface area contributed by atoms with Crippen molar-refractivity contribution in [3.8, 4) is 0 Å². The zero-order valence-electron chi connectivity index (χ0n) is 21.2. The number of rotatable bonds is 5. The molecular weight excluding hydrogens is 445 g/mol. The van der Waals surface area contributed by atoms with Gasteiger partial charge in [-0.3, -0.25) is 14.4 Å². The highest BCUT2D eigenvalue weighted by molar-refractivity contribution is 6.43. The standard InChI is InChI=1S/C28H34FN3O3/c1-15-8-20(6-7-21(15)29)30-25(34)22-16(2)23(32(5)17(22)3)24(33)26(35)31-28-12-18-9-19(13-28)11-27(4,10-18)14-28/h6-8,18-19H,9-14H2,1-5H3,(H,30,34)(H,31,35). The van der Waals surface area contributed by atoms with Crippen LogP contribution < -0.4 is 10.6 Å². The summed E-state index contributed by atoms with van der Waals surface area (Å²) in [5, 5.41) is 5.97. The van der Waals surface area contributed by atoms with Crippen molar-refractivity contribution >= 4 is 23.3 Å². The molecule has 1 aromatic carbocycles. The van der Waals surface area contributed by atoms with Crippen molar-refractivity contribution in [2.75, 3.05) is 5.32 Å². The second-order valence-electron chi connectivity index (χ2n) is 11.7. The Bertz CT molecular complexity index is 1250. The van der Waals surface area contributed by atoms with E-state index < -0.39 is 17.6 Å². The topological polar surface area (TPSA) is 80.2 Å².